The lowest BCUT2D eigenvalue weighted by atomic mass is 10.1. The molecule has 1 atom stereocenters. The van der Waals surface area contributed by atoms with Crippen molar-refractivity contribution < 1.29 is 19.1 Å². The van der Waals surface area contributed by atoms with Gasteiger partial charge in [0.25, 0.3) is 5.91 Å². The Bertz CT molecular complexity index is 858. The Morgan fingerprint density at radius 2 is 1.92 bits per heavy atom. The van der Waals surface area contributed by atoms with E-state index >= 15 is 0 Å². The normalized spacial score (nSPS) is 20.1. The van der Waals surface area contributed by atoms with Crippen LogP contribution in [-0.4, -0.2) is 45.2 Å². The number of aromatic nitrogens is 1. The maximum Gasteiger partial charge on any atom is 0.343 e. The number of aliphatic carboxylic acids is 1. The molecule has 1 aliphatic heterocycles. The minimum absolute atomic E-state index is 0.107. The van der Waals surface area contributed by atoms with E-state index in [1.165, 1.54) is 4.90 Å². The lowest BCUT2D eigenvalue weighted by molar-refractivity contribution is -0.149. The molecule has 1 aromatic carbocycles. The van der Waals surface area contributed by atoms with E-state index in [0.29, 0.717) is 5.56 Å². The van der Waals surface area contributed by atoms with Gasteiger partial charge in [-0.15, -0.1) is 0 Å². The van der Waals surface area contributed by atoms with Gasteiger partial charge in [0.05, 0.1) is 12.1 Å². The molecule has 2 aromatic rings. The minimum atomic E-state index is -2.35. The van der Waals surface area contributed by atoms with E-state index in [1.54, 1.807) is 6.07 Å². The zero-order chi connectivity index (χ0) is 18.4. The van der Waals surface area contributed by atoms with Gasteiger partial charge in [0, 0.05) is 30.0 Å². The highest BCUT2D eigenvalue weighted by Gasteiger charge is 2.47. The Labute approximate surface area is 145 Å². The summed E-state index contributed by atoms with van der Waals surface area (Å²) in [7, 11) is 0. The Hall–Kier alpha value is -2.63. The van der Waals surface area contributed by atoms with Crippen LogP contribution in [0.25, 0.3) is 5.69 Å². The Morgan fingerprint density at radius 1 is 1.20 bits per heavy atom. The number of amides is 1. The number of carboxylic acids is 1. The number of carbonyl (C=O) groups is 2. The molecular formula is C19H21FN2O3. The minimum Gasteiger partial charge on any atom is -0.479 e. The van der Waals surface area contributed by atoms with Crippen LogP contribution in [0.2, 0.25) is 0 Å². The summed E-state index contributed by atoms with van der Waals surface area (Å²) >= 11 is 0. The van der Waals surface area contributed by atoms with Gasteiger partial charge in [-0.05, 0) is 44.5 Å². The molecule has 25 heavy (non-hydrogen) atoms. The number of nitrogens with zero attached hydrogens (tertiary/aromatic N) is 2. The highest BCUT2D eigenvalue weighted by molar-refractivity contribution is 5.97. The first-order valence-corrected chi connectivity index (χ1v) is 8.20. The van der Waals surface area contributed by atoms with Gasteiger partial charge in [0.15, 0.2) is 0 Å². The van der Waals surface area contributed by atoms with E-state index in [4.69, 9.17) is 5.11 Å². The van der Waals surface area contributed by atoms with E-state index in [2.05, 4.69) is 0 Å². The molecule has 1 aliphatic rings. The van der Waals surface area contributed by atoms with Crippen molar-refractivity contribution in [2.45, 2.75) is 32.9 Å². The number of likely N-dealkylation sites (tertiary alicyclic amines) is 1. The van der Waals surface area contributed by atoms with Crippen molar-refractivity contribution in [3.8, 4) is 5.69 Å². The van der Waals surface area contributed by atoms with E-state index in [1.807, 2.05) is 49.6 Å². The SMILES string of the molecule is Cc1cccc(-n2c(C)cc(C(=O)N3CCC(F)(C(=O)O)C3)c2C)c1. The smallest absolute Gasteiger partial charge is 0.343 e. The quantitative estimate of drug-likeness (QED) is 0.931. The third kappa shape index (κ3) is 2.92. The van der Waals surface area contributed by atoms with Gasteiger partial charge in [-0.1, -0.05) is 12.1 Å². The zero-order valence-corrected chi connectivity index (χ0v) is 14.5. The first-order chi connectivity index (χ1) is 11.7. The first-order valence-electron chi connectivity index (χ1n) is 8.20. The van der Waals surface area contributed by atoms with Crippen LogP contribution in [-0.2, 0) is 4.79 Å². The third-order valence-electron chi connectivity index (χ3n) is 4.81. The maximum atomic E-state index is 14.3. The first kappa shape index (κ1) is 17.2. The van der Waals surface area contributed by atoms with Crippen LogP contribution in [0.1, 0.15) is 33.7 Å². The van der Waals surface area contributed by atoms with Crippen molar-refractivity contribution in [1.82, 2.24) is 9.47 Å². The van der Waals surface area contributed by atoms with Gasteiger partial charge in [0.1, 0.15) is 0 Å². The predicted molar refractivity (Wildman–Crippen MR) is 92.0 cm³/mol. The van der Waals surface area contributed by atoms with Crippen molar-refractivity contribution in [3.63, 3.8) is 0 Å². The molecule has 6 heteroatoms. The number of hydrogen-bond donors (Lipinski definition) is 1. The number of carboxylic acid groups (broad SMARTS) is 1. The molecule has 1 amide bonds. The van der Waals surface area contributed by atoms with Gasteiger partial charge >= 0.3 is 5.97 Å². The average molecular weight is 344 g/mol. The molecule has 0 bridgehead atoms. The molecule has 0 saturated carbocycles. The topological polar surface area (TPSA) is 62.5 Å². The number of rotatable bonds is 3. The number of halogens is 1. The summed E-state index contributed by atoms with van der Waals surface area (Å²) in [6.45, 7) is 5.46. The standard InChI is InChI=1S/C19H21FN2O3/c1-12-5-4-6-15(9-12)22-13(2)10-16(14(22)3)17(23)21-8-7-19(20,11-21)18(24)25/h4-6,9-10H,7-8,11H2,1-3H3,(H,24,25). The van der Waals surface area contributed by atoms with Crippen LogP contribution < -0.4 is 0 Å². The molecule has 1 N–H and O–H groups in total. The van der Waals surface area contributed by atoms with Crippen LogP contribution in [0.5, 0.6) is 0 Å². The average Bonchev–Trinajstić information content (AvgIpc) is 3.08. The third-order valence-corrected chi connectivity index (χ3v) is 4.81. The summed E-state index contributed by atoms with van der Waals surface area (Å²) in [5.41, 5.74) is 1.86. The Morgan fingerprint density at radius 3 is 2.52 bits per heavy atom. The van der Waals surface area contributed by atoms with Gasteiger partial charge < -0.3 is 14.6 Å². The van der Waals surface area contributed by atoms with Gasteiger partial charge in [-0.3, -0.25) is 4.79 Å². The molecule has 132 valence electrons. The second kappa shape index (κ2) is 6.02. The summed E-state index contributed by atoms with van der Waals surface area (Å²) in [6, 6.07) is 9.73. The monoisotopic (exact) mass is 344 g/mol. The van der Waals surface area contributed by atoms with E-state index in [-0.39, 0.29) is 18.9 Å². The molecule has 0 radical (unpaired) electrons. The molecule has 1 fully saturated rings. The van der Waals surface area contributed by atoms with Crippen LogP contribution in [0.3, 0.4) is 0 Å². The van der Waals surface area contributed by atoms with Crippen molar-refractivity contribution in [2.75, 3.05) is 13.1 Å². The highest BCUT2D eigenvalue weighted by Crippen LogP contribution is 2.29. The molecule has 1 aromatic heterocycles. The van der Waals surface area contributed by atoms with Gasteiger partial charge in [0.2, 0.25) is 5.67 Å². The van der Waals surface area contributed by atoms with E-state index < -0.39 is 18.2 Å². The van der Waals surface area contributed by atoms with Crippen LogP contribution in [0.15, 0.2) is 30.3 Å². The number of alkyl halides is 1. The molecule has 1 saturated heterocycles. The molecule has 0 spiro atoms. The van der Waals surface area contributed by atoms with Crippen LogP contribution in [0, 0.1) is 20.8 Å². The molecule has 2 heterocycles. The lowest BCUT2D eigenvalue weighted by Crippen LogP contribution is -2.39. The van der Waals surface area contributed by atoms with Crippen molar-refractivity contribution in [2.24, 2.45) is 0 Å². The fourth-order valence-corrected chi connectivity index (χ4v) is 3.43. The predicted octanol–water partition coefficient (Wildman–Crippen LogP) is 3.04. The summed E-state index contributed by atoms with van der Waals surface area (Å²) in [6.07, 6.45) is -0.176. The summed E-state index contributed by atoms with van der Waals surface area (Å²) < 4.78 is 16.2. The summed E-state index contributed by atoms with van der Waals surface area (Å²) in [5, 5.41) is 9.00. The molecular weight excluding hydrogens is 323 g/mol. The van der Waals surface area contributed by atoms with E-state index in [0.717, 1.165) is 22.6 Å². The van der Waals surface area contributed by atoms with Crippen molar-refractivity contribution >= 4 is 11.9 Å². The zero-order valence-electron chi connectivity index (χ0n) is 14.5. The number of hydrogen-bond acceptors (Lipinski definition) is 2. The highest BCUT2D eigenvalue weighted by atomic mass is 19.1. The van der Waals surface area contributed by atoms with Gasteiger partial charge in [-0.2, -0.15) is 0 Å². The van der Waals surface area contributed by atoms with E-state index in [9.17, 15) is 14.0 Å². The number of carbonyl (C=O) groups excluding carboxylic acids is 1. The van der Waals surface area contributed by atoms with Crippen LogP contribution >= 0.6 is 0 Å². The lowest BCUT2D eigenvalue weighted by Gasteiger charge is -2.18. The molecule has 3 rings (SSSR count). The number of aryl methyl sites for hydroxylation is 2. The Kier molecular flexibility index (Phi) is 4.14. The van der Waals surface area contributed by atoms with Crippen LogP contribution in [0.4, 0.5) is 4.39 Å². The largest absolute Gasteiger partial charge is 0.479 e. The maximum absolute atomic E-state index is 14.3. The van der Waals surface area contributed by atoms with Crippen molar-refractivity contribution in [3.05, 3.63) is 52.8 Å². The van der Waals surface area contributed by atoms with Crippen molar-refractivity contribution in [1.29, 1.82) is 0 Å². The second-order valence-corrected chi connectivity index (χ2v) is 6.71. The van der Waals surface area contributed by atoms with Gasteiger partial charge in [-0.25, -0.2) is 9.18 Å². The molecule has 5 nitrogen and oxygen atoms in total. The second-order valence-electron chi connectivity index (χ2n) is 6.71. The Balaban J connectivity index is 1.93. The molecule has 0 aliphatic carbocycles. The summed E-state index contributed by atoms with van der Waals surface area (Å²) in [4.78, 5) is 25.1. The fraction of sp³-hybridized carbons (Fsp3) is 0.368. The molecule has 1 unspecified atom stereocenters. The summed E-state index contributed by atoms with van der Waals surface area (Å²) in [5.74, 6) is -1.83. The number of benzene rings is 1. The fourth-order valence-electron chi connectivity index (χ4n) is 3.43.